The van der Waals surface area contributed by atoms with E-state index in [1.807, 2.05) is 6.20 Å². The first-order chi connectivity index (χ1) is 11.4. The highest BCUT2D eigenvalue weighted by atomic mass is 14.9. The molecule has 3 heteroatoms. The van der Waals surface area contributed by atoms with Gasteiger partial charge in [0.1, 0.15) is 5.65 Å². The molecule has 0 atom stereocenters. The molecule has 3 heterocycles. The summed E-state index contributed by atoms with van der Waals surface area (Å²) in [5.41, 5.74) is 4.96. The molecule has 0 radical (unpaired) electrons. The van der Waals surface area contributed by atoms with E-state index in [0.717, 1.165) is 18.0 Å². The Balaban J connectivity index is 1.65. The summed E-state index contributed by atoms with van der Waals surface area (Å²) in [5, 5.41) is 4.75. The van der Waals surface area contributed by atoms with Crippen molar-refractivity contribution in [2.75, 3.05) is 13.1 Å². The number of benzene rings is 1. The molecule has 4 rings (SSSR count). The van der Waals surface area contributed by atoms with Crippen LogP contribution in [-0.4, -0.2) is 23.1 Å². The monoisotopic (exact) mass is 305 g/mol. The summed E-state index contributed by atoms with van der Waals surface area (Å²) in [5.74, 6) is 0.860. The first-order valence-electron chi connectivity index (χ1n) is 8.63. The summed E-state index contributed by atoms with van der Waals surface area (Å²) < 4.78 is 0. The highest BCUT2D eigenvalue weighted by Gasteiger charge is 2.15. The van der Waals surface area contributed by atoms with Crippen LogP contribution in [0.15, 0.2) is 48.8 Å². The van der Waals surface area contributed by atoms with Crippen LogP contribution in [0.3, 0.4) is 0 Å². The van der Waals surface area contributed by atoms with Crippen molar-refractivity contribution < 1.29 is 0 Å². The van der Waals surface area contributed by atoms with E-state index >= 15 is 0 Å². The van der Waals surface area contributed by atoms with Crippen LogP contribution in [0, 0.1) is 5.92 Å². The second-order valence-electron chi connectivity index (χ2n) is 6.49. The van der Waals surface area contributed by atoms with E-state index < -0.39 is 0 Å². The van der Waals surface area contributed by atoms with E-state index in [1.165, 1.54) is 54.4 Å². The largest absolute Gasteiger partial charge is 0.346 e. The number of hydrogen-bond donors (Lipinski definition) is 2. The molecule has 3 aromatic rings. The van der Waals surface area contributed by atoms with Gasteiger partial charge in [0.15, 0.2) is 0 Å². The van der Waals surface area contributed by atoms with Crippen LogP contribution in [-0.2, 0) is 6.42 Å². The van der Waals surface area contributed by atoms with Crippen molar-refractivity contribution in [1.29, 1.82) is 0 Å². The zero-order valence-electron chi connectivity index (χ0n) is 13.4. The Hall–Kier alpha value is -2.13. The maximum Gasteiger partial charge on any atom is 0.138 e. The van der Waals surface area contributed by atoms with Gasteiger partial charge in [-0.15, -0.1) is 0 Å². The molecule has 2 N–H and O–H groups in total. The molecule has 1 aromatic carbocycles. The minimum absolute atomic E-state index is 0.860. The fourth-order valence-corrected chi connectivity index (χ4v) is 3.71. The minimum atomic E-state index is 0.860. The van der Waals surface area contributed by atoms with Gasteiger partial charge in [0.25, 0.3) is 0 Å². The third kappa shape index (κ3) is 3.02. The van der Waals surface area contributed by atoms with Crippen LogP contribution in [0.2, 0.25) is 0 Å². The Morgan fingerprint density at radius 1 is 1.04 bits per heavy atom. The number of nitrogens with one attached hydrogen (secondary N) is 2. The Morgan fingerprint density at radius 2 is 1.87 bits per heavy atom. The van der Waals surface area contributed by atoms with E-state index in [4.69, 9.17) is 0 Å². The summed E-state index contributed by atoms with van der Waals surface area (Å²) in [6.07, 6.45) is 9.08. The van der Waals surface area contributed by atoms with Crippen LogP contribution in [0.1, 0.15) is 24.8 Å². The van der Waals surface area contributed by atoms with E-state index in [2.05, 4.69) is 57.9 Å². The van der Waals surface area contributed by atoms with Crippen molar-refractivity contribution in [1.82, 2.24) is 15.3 Å². The minimum Gasteiger partial charge on any atom is -0.346 e. The fourth-order valence-electron chi connectivity index (χ4n) is 3.71. The van der Waals surface area contributed by atoms with Crippen LogP contribution >= 0.6 is 0 Å². The SMILES string of the molecule is c1ccc(-c2c[nH]c3nccc(CCC4CCNCC4)c23)cc1. The van der Waals surface area contributed by atoms with Crippen LogP contribution in [0.25, 0.3) is 22.2 Å². The highest BCUT2D eigenvalue weighted by molar-refractivity contribution is 5.95. The Morgan fingerprint density at radius 3 is 2.70 bits per heavy atom. The summed E-state index contributed by atoms with van der Waals surface area (Å²) in [6.45, 7) is 2.35. The summed E-state index contributed by atoms with van der Waals surface area (Å²) in [7, 11) is 0. The molecule has 1 saturated heterocycles. The number of rotatable bonds is 4. The smallest absolute Gasteiger partial charge is 0.138 e. The van der Waals surface area contributed by atoms with Gasteiger partial charge < -0.3 is 10.3 Å². The summed E-state index contributed by atoms with van der Waals surface area (Å²) in [4.78, 5) is 7.86. The molecule has 1 aliphatic heterocycles. The first-order valence-corrected chi connectivity index (χ1v) is 8.63. The third-order valence-electron chi connectivity index (χ3n) is 5.03. The quantitative estimate of drug-likeness (QED) is 0.760. The lowest BCUT2D eigenvalue weighted by Crippen LogP contribution is -2.27. The van der Waals surface area contributed by atoms with Crippen molar-refractivity contribution in [3.05, 3.63) is 54.4 Å². The topological polar surface area (TPSA) is 40.7 Å². The third-order valence-corrected chi connectivity index (χ3v) is 5.03. The lowest BCUT2D eigenvalue weighted by Gasteiger charge is -2.22. The molecule has 2 aromatic heterocycles. The maximum absolute atomic E-state index is 4.52. The molecule has 0 amide bonds. The van der Waals surface area contributed by atoms with Gasteiger partial charge in [-0.2, -0.15) is 0 Å². The van der Waals surface area contributed by atoms with Gasteiger partial charge in [0, 0.05) is 23.3 Å². The first kappa shape index (κ1) is 14.5. The predicted molar refractivity (Wildman–Crippen MR) is 95.4 cm³/mol. The standard InChI is InChI=1S/C20H23N3/c1-2-4-16(5-3-1)18-14-23-20-19(18)17(10-13-22-20)7-6-15-8-11-21-12-9-15/h1-5,10,13-15,21H,6-9,11-12H2,(H,22,23). The lowest BCUT2D eigenvalue weighted by molar-refractivity contribution is 0.354. The molecule has 0 unspecified atom stereocenters. The zero-order valence-corrected chi connectivity index (χ0v) is 13.4. The van der Waals surface area contributed by atoms with E-state index in [1.54, 1.807) is 0 Å². The van der Waals surface area contributed by atoms with Crippen molar-refractivity contribution in [2.45, 2.75) is 25.7 Å². The molecule has 0 bridgehead atoms. The molecule has 0 aliphatic carbocycles. The number of H-pyrrole nitrogens is 1. The lowest BCUT2D eigenvalue weighted by atomic mass is 9.90. The second-order valence-corrected chi connectivity index (χ2v) is 6.49. The number of aromatic nitrogens is 2. The fraction of sp³-hybridized carbons (Fsp3) is 0.350. The van der Waals surface area contributed by atoms with E-state index in [0.29, 0.717) is 0 Å². The number of fused-ring (bicyclic) bond motifs is 1. The molecular weight excluding hydrogens is 282 g/mol. The molecule has 0 spiro atoms. The van der Waals surface area contributed by atoms with Crippen LogP contribution in [0.4, 0.5) is 0 Å². The van der Waals surface area contributed by atoms with Gasteiger partial charge in [0.2, 0.25) is 0 Å². The average Bonchev–Trinajstić information content (AvgIpc) is 3.06. The Bertz CT molecular complexity index is 770. The number of nitrogens with zero attached hydrogens (tertiary/aromatic N) is 1. The number of piperidine rings is 1. The normalized spacial score (nSPS) is 16.0. The number of hydrogen-bond acceptors (Lipinski definition) is 2. The zero-order chi connectivity index (χ0) is 15.5. The molecule has 0 saturated carbocycles. The predicted octanol–water partition coefficient (Wildman–Crippen LogP) is 4.16. The average molecular weight is 305 g/mol. The molecule has 3 nitrogen and oxygen atoms in total. The van der Waals surface area contributed by atoms with Gasteiger partial charge in [-0.05, 0) is 61.9 Å². The van der Waals surface area contributed by atoms with Crippen molar-refractivity contribution in [3.8, 4) is 11.1 Å². The number of pyridine rings is 1. The van der Waals surface area contributed by atoms with Gasteiger partial charge in [0.05, 0.1) is 0 Å². The summed E-state index contributed by atoms with van der Waals surface area (Å²) in [6, 6.07) is 12.8. The van der Waals surface area contributed by atoms with Crippen molar-refractivity contribution in [2.24, 2.45) is 5.92 Å². The van der Waals surface area contributed by atoms with E-state index in [9.17, 15) is 0 Å². The maximum atomic E-state index is 4.52. The van der Waals surface area contributed by atoms with Gasteiger partial charge in [-0.25, -0.2) is 4.98 Å². The Labute approximate surface area is 137 Å². The van der Waals surface area contributed by atoms with Crippen LogP contribution < -0.4 is 5.32 Å². The molecule has 23 heavy (non-hydrogen) atoms. The molecule has 118 valence electrons. The van der Waals surface area contributed by atoms with Crippen molar-refractivity contribution in [3.63, 3.8) is 0 Å². The highest BCUT2D eigenvalue weighted by Crippen LogP contribution is 2.31. The van der Waals surface area contributed by atoms with Gasteiger partial charge in [-0.1, -0.05) is 30.3 Å². The van der Waals surface area contributed by atoms with E-state index in [-0.39, 0.29) is 0 Å². The molecular formula is C20H23N3. The number of aromatic amines is 1. The molecule has 1 aliphatic rings. The second kappa shape index (κ2) is 6.55. The van der Waals surface area contributed by atoms with Gasteiger partial charge in [-0.3, -0.25) is 0 Å². The Kier molecular flexibility index (Phi) is 4.12. The number of aryl methyl sites for hydroxylation is 1. The van der Waals surface area contributed by atoms with Gasteiger partial charge >= 0.3 is 0 Å². The van der Waals surface area contributed by atoms with Crippen LogP contribution in [0.5, 0.6) is 0 Å². The molecule has 1 fully saturated rings. The summed E-state index contributed by atoms with van der Waals surface area (Å²) >= 11 is 0. The van der Waals surface area contributed by atoms with Crippen molar-refractivity contribution >= 4 is 11.0 Å².